The first-order chi connectivity index (χ1) is 7.25. The van der Waals surface area contributed by atoms with Gasteiger partial charge in [-0.05, 0) is 23.6 Å². The minimum absolute atomic E-state index is 0.171. The second-order valence-electron chi connectivity index (χ2n) is 3.19. The van der Waals surface area contributed by atoms with Gasteiger partial charge in [0.2, 0.25) is 0 Å². The lowest BCUT2D eigenvalue weighted by atomic mass is 10.1. The van der Waals surface area contributed by atoms with Crippen LogP contribution in [0.3, 0.4) is 0 Å². The first-order valence-corrected chi connectivity index (χ1v) is 6.24. The highest BCUT2D eigenvalue weighted by Gasteiger charge is 2.06. The molecule has 0 aliphatic carbocycles. The highest BCUT2D eigenvalue weighted by Crippen LogP contribution is 2.15. The Hall–Kier alpha value is -0.930. The Morgan fingerprint density at radius 2 is 1.93 bits per heavy atom. The van der Waals surface area contributed by atoms with E-state index in [1.807, 2.05) is 41.8 Å². The molecule has 0 N–H and O–H groups in total. The molecule has 1 heterocycles. The van der Waals surface area contributed by atoms with Gasteiger partial charge in [-0.25, -0.2) is 0 Å². The number of carbonyl (C=O) groups is 1. The molecule has 1 aromatic heterocycles. The second-order valence-corrected chi connectivity index (χ2v) is 5.13. The Kier molecular flexibility index (Phi) is 3.34. The van der Waals surface area contributed by atoms with Gasteiger partial charge in [-0.3, -0.25) is 4.79 Å². The van der Waals surface area contributed by atoms with E-state index in [0.717, 1.165) is 14.9 Å². The van der Waals surface area contributed by atoms with Gasteiger partial charge in [0.25, 0.3) is 0 Å². The third-order valence-corrected chi connectivity index (χ3v) is 3.49. The van der Waals surface area contributed by atoms with Crippen molar-refractivity contribution >= 4 is 33.0 Å². The number of hydrogen-bond acceptors (Lipinski definition) is 2. The van der Waals surface area contributed by atoms with Crippen LogP contribution in [0.15, 0.2) is 46.3 Å². The zero-order valence-corrected chi connectivity index (χ0v) is 10.3. The van der Waals surface area contributed by atoms with Crippen LogP contribution in [-0.2, 0) is 6.42 Å². The van der Waals surface area contributed by atoms with Crippen LogP contribution in [0, 0.1) is 0 Å². The molecule has 0 saturated heterocycles. The van der Waals surface area contributed by atoms with Crippen molar-refractivity contribution in [3.05, 3.63) is 56.7 Å². The fourth-order valence-corrected chi connectivity index (χ4v) is 2.28. The SMILES string of the molecule is O=C(Cc1cccs1)c1ccc(Br)cc1. The van der Waals surface area contributed by atoms with Crippen LogP contribution in [0.1, 0.15) is 15.2 Å². The molecular weight excluding hydrogens is 272 g/mol. The van der Waals surface area contributed by atoms with Crippen molar-refractivity contribution in [1.29, 1.82) is 0 Å². The largest absolute Gasteiger partial charge is 0.294 e. The molecule has 0 aliphatic heterocycles. The lowest BCUT2D eigenvalue weighted by Gasteiger charge is -1.99. The van der Waals surface area contributed by atoms with Gasteiger partial charge in [-0.15, -0.1) is 11.3 Å². The number of halogens is 1. The van der Waals surface area contributed by atoms with Crippen LogP contribution in [0.25, 0.3) is 0 Å². The summed E-state index contributed by atoms with van der Waals surface area (Å²) in [6.45, 7) is 0. The maximum atomic E-state index is 11.8. The van der Waals surface area contributed by atoms with E-state index in [1.54, 1.807) is 11.3 Å². The highest BCUT2D eigenvalue weighted by molar-refractivity contribution is 9.10. The van der Waals surface area contributed by atoms with Crippen molar-refractivity contribution < 1.29 is 4.79 Å². The molecule has 0 amide bonds. The van der Waals surface area contributed by atoms with Crippen molar-refractivity contribution in [2.24, 2.45) is 0 Å². The zero-order valence-electron chi connectivity index (χ0n) is 7.94. The number of benzene rings is 1. The molecule has 0 bridgehead atoms. The van der Waals surface area contributed by atoms with Gasteiger partial charge < -0.3 is 0 Å². The maximum Gasteiger partial charge on any atom is 0.168 e. The summed E-state index contributed by atoms with van der Waals surface area (Å²) in [4.78, 5) is 12.9. The third kappa shape index (κ3) is 2.76. The molecule has 0 unspecified atom stereocenters. The van der Waals surface area contributed by atoms with Gasteiger partial charge in [0, 0.05) is 21.3 Å². The lowest BCUT2D eigenvalue weighted by Crippen LogP contribution is -2.01. The van der Waals surface area contributed by atoms with Crippen molar-refractivity contribution in [2.75, 3.05) is 0 Å². The van der Waals surface area contributed by atoms with E-state index in [2.05, 4.69) is 15.9 Å². The first kappa shape index (κ1) is 10.6. The van der Waals surface area contributed by atoms with Crippen LogP contribution in [-0.4, -0.2) is 5.78 Å². The van der Waals surface area contributed by atoms with Crippen molar-refractivity contribution in [3.63, 3.8) is 0 Å². The van der Waals surface area contributed by atoms with Gasteiger partial charge in [0.1, 0.15) is 0 Å². The summed E-state index contributed by atoms with van der Waals surface area (Å²) >= 11 is 4.96. The fourth-order valence-electron chi connectivity index (χ4n) is 1.31. The summed E-state index contributed by atoms with van der Waals surface area (Å²) in [6, 6.07) is 11.4. The van der Waals surface area contributed by atoms with Gasteiger partial charge in [-0.1, -0.05) is 34.1 Å². The fraction of sp³-hybridized carbons (Fsp3) is 0.0833. The summed E-state index contributed by atoms with van der Waals surface area (Å²) in [7, 11) is 0. The normalized spacial score (nSPS) is 10.2. The minimum atomic E-state index is 0.171. The quantitative estimate of drug-likeness (QED) is 0.779. The van der Waals surface area contributed by atoms with Gasteiger partial charge >= 0.3 is 0 Å². The Bertz CT molecular complexity index is 445. The van der Waals surface area contributed by atoms with Crippen LogP contribution in [0.4, 0.5) is 0 Å². The predicted molar refractivity (Wildman–Crippen MR) is 66.5 cm³/mol. The van der Waals surface area contributed by atoms with Crippen molar-refractivity contribution in [1.82, 2.24) is 0 Å². The van der Waals surface area contributed by atoms with E-state index in [-0.39, 0.29) is 5.78 Å². The van der Waals surface area contributed by atoms with E-state index in [4.69, 9.17) is 0 Å². The Balaban J connectivity index is 2.11. The molecule has 2 aromatic rings. The average molecular weight is 281 g/mol. The van der Waals surface area contributed by atoms with E-state index < -0.39 is 0 Å². The summed E-state index contributed by atoms with van der Waals surface area (Å²) in [5.74, 6) is 0.171. The van der Waals surface area contributed by atoms with Crippen molar-refractivity contribution in [3.8, 4) is 0 Å². The number of Topliss-reactive ketones (excluding diaryl/α,β-unsaturated/α-hetero) is 1. The molecule has 3 heteroatoms. The van der Waals surface area contributed by atoms with Crippen molar-refractivity contribution in [2.45, 2.75) is 6.42 Å². The molecular formula is C12H9BrOS. The molecule has 0 radical (unpaired) electrons. The molecule has 0 spiro atoms. The number of carbonyl (C=O) groups excluding carboxylic acids is 1. The monoisotopic (exact) mass is 280 g/mol. The Morgan fingerprint density at radius 3 is 2.53 bits per heavy atom. The Labute approximate surface area is 101 Å². The van der Waals surface area contributed by atoms with Crippen LogP contribution in [0.2, 0.25) is 0 Å². The first-order valence-electron chi connectivity index (χ1n) is 4.57. The highest BCUT2D eigenvalue weighted by atomic mass is 79.9. The van der Waals surface area contributed by atoms with Gasteiger partial charge in [0.15, 0.2) is 5.78 Å². The number of hydrogen-bond donors (Lipinski definition) is 0. The maximum absolute atomic E-state index is 11.8. The Morgan fingerprint density at radius 1 is 1.20 bits per heavy atom. The molecule has 0 fully saturated rings. The van der Waals surface area contributed by atoms with Crippen LogP contribution < -0.4 is 0 Å². The average Bonchev–Trinajstić information content (AvgIpc) is 2.71. The molecule has 15 heavy (non-hydrogen) atoms. The van der Waals surface area contributed by atoms with Crippen LogP contribution in [0.5, 0.6) is 0 Å². The molecule has 0 atom stereocenters. The number of ketones is 1. The molecule has 1 nitrogen and oxygen atoms in total. The van der Waals surface area contributed by atoms with E-state index in [9.17, 15) is 4.79 Å². The molecule has 0 aliphatic rings. The predicted octanol–water partition coefficient (Wildman–Crippen LogP) is 3.94. The standard InChI is InChI=1S/C12H9BrOS/c13-10-5-3-9(4-6-10)12(14)8-11-2-1-7-15-11/h1-7H,8H2. The van der Waals surface area contributed by atoms with E-state index >= 15 is 0 Å². The number of thiophene rings is 1. The summed E-state index contributed by atoms with van der Waals surface area (Å²) < 4.78 is 0.996. The minimum Gasteiger partial charge on any atom is -0.294 e. The molecule has 1 aromatic carbocycles. The molecule has 76 valence electrons. The van der Waals surface area contributed by atoms with Gasteiger partial charge in [0.05, 0.1) is 0 Å². The summed E-state index contributed by atoms with van der Waals surface area (Å²) in [6.07, 6.45) is 0.499. The zero-order chi connectivity index (χ0) is 10.7. The smallest absolute Gasteiger partial charge is 0.168 e. The number of rotatable bonds is 3. The molecule has 2 rings (SSSR count). The summed E-state index contributed by atoms with van der Waals surface area (Å²) in [5, 5.41) is 1.99. The van der Waals surface area contributed by atoms with E-state index in [0.29, 0.717) is 6.42 Å². The van der Waals surface area contributed by atoms with E-state index in [1.165, 1.54) is 0 Å². The van der Waals surface area contributed by atoms with Crippen LogP contribution >= 0.6 is 27.3 Å². The third-order valence-electron chi connectivity index (χ3n) is 2.08. The second kappa shape index (κ2) is 4.73. The molecule has 0 saturated carbocycles. The lowest BCUT2D eigenvalue weighted by molar-refractivity contribution is 0.0994. The summed E-state index contributed by atoms with van der Waals surface area (Å²) in [5.41, 5.74) is 0.770. The van der Waals surface area contributed by atoms with Gasteiger partial charge in [-0.2, -0.15) is 0 Å². The topological polar surface area (TPSA) is 17.1 Å².